The number of hydrogen-bond donors (Lipinski definition) is 3. The second kappa shape index (κ2) is 4.20. The van der Waals surface area contributed by atoms with Gasteiger partial charge >= 0.3 is 0 Å². The number of H-pyrrole nitrogens is 1. The molecular formula is C14H12N6O. The van der Waals surface area contributed by atoms with Crippen molar-refractivity contribution in [3.05, 3.63) is 36.5 Å². The van der Waals surface area contributed by atoms with Crippen molar-refractivity contribution in [1.29, 1.82) is 0 Å². The average molecular weight is 280 g/mol. The Morgan fingerprint density at radius 1 is 1.29 bits per heavy atom. The minimum atomic E-state index is 0.0333. The Kier molecular flexibility index (Phi) is 2.34. The summed E-state index contributed by atoms with van der Waals surface area (Å²) in [5.74, 6) is 0.697. The molecule has 0 unspecified atom stereocenters. The number of nitrogens with one attached hydrogen (secondary N) is 2. The van der Waals surface area contributed by atoms with Gasteiger partial charge in [-0.1, -0.05) is 0 Å². The maximum Gasteiger partial charge on any atom is 0.238 e. The zero-order valence-electron chi connectivity index (χ0n) is 11.2. The highest BCUT2D eigenvalue weighted by molar-refractivity contribution is 5.91. The summed E-state index contributed by atoms with van der Waals surface area (Å²) in [6.45, 7) is 0. The highest BCUT2D eigenvalue weighted by Crippen LogP contribution is 2.28. The molecule has 0 aliphatic carbocycles. The fourth-order valence-electron chi connectivity index (χ4n) is 2.39. The van der Waals surface area contributed by atoms with Crippen LogP contribution in [0, 0.1) is 0 Å². The van der Waals surface area contributed by atoms with Gasteiger partial charge in [-0.25, -0.2) is 0 Å². The molecule has 3 aromatic heterocycles. The van der Waals surface area contributed by atoms with E-state index in [1.807, 2.05) is 30.3 Å². The van der Waals surface area contributed by atoms with Crippen LogP contribution in [0.15, 0.2) is 36.5 Å². The zero-order valence-corrected chi connectivity index (χ0v) is 11.2. The highest BCUT2D eigenvalue weighted by atomic mass is 16.3. The maximum absolute atomic E-state index is 9.70. The summed E-state index contributed by atoms with van der Waals surface area (Å²) in [6.07, 6.45) is 1.73. The molecule has 1 aromatic carbocycles. The number of aromatic amines is 1. The molecule has 0 amide bonds. The molecule has 3 heterocycles. The van der Waals surface area contributed by atoms with E-state index in [1.54, 1.807) is 17.9 Å². The SMILES string of the molecule is Cn1nc(O)c2ccc(Nc3n[nH]c4cccnc34)cc21. The van der Waals surface area contributed by atoms with Gasteiger partial charge in [-0.05, 0) is 30.3 Å². The number of aryl methyl sites for hydroxylation is 1. The number of benzene rings is 1. The van der Waals surface area contributed by atoms with Gasteiger partial charge < -0.3 is 10.4 Å². The first-order valence-electron chi connectivity index (χ1n) is 6.44. The Balaban J connectivity index is 1.78. The maximum atomic E-state index is 9.70. The number of rotatable bonds is 2. The molecule has 0 aliphatic heterocycles. The van der Waals surface area contributed by atoms with Crippen molar-refractivity contribution in [3.63, 3.8) is 0 Å². The van der Waals surface area contributed by atoms with Gasteiger partial charge in [0.25, 0.3) is 0 Å². The largest absolute Gasteiger partial charge is 0.492 e. The van der Waals surface area contributed by atoms with Crippen LogP contribution in [-0.2, 0) is 7.05 Å². The number of nitrogens with zero attached hydrogens (tertiary/aromatic N) is 4. The van der Waals surface area contributed by atoms with Crippen molar-refractivity contribution >= 4 is 33.4 Å². The van der Waals surface area contributed by atoms with Crippen molar-refractivity contribution in [3.8, 4) is 5.88 Å². The van der Waals surface area contributed by atoms with Gasteiger partial charge in [0.1, 0.15) is 5.52 Å². The molecule has 7 nitrogen and oxygen atoms in total. The lowest BCUT2D eigenvalue weighted by atomic mass is 10.2. The van der Waals surface area contributed by atoms with E-state index in [-0.39, 0.29) is 5.88 Å². The molecule has 3 N–H and O–H groups in total. The van der Waals surface area contributed by atoms with Crippen molar-refractivity contribution in [2.45, 2.75) is 0 Å². The van der Waals surface area contributed by atoms with Crippen LogP contribution in [0.25, 0.3) is 21.9 Å². The van der Waals surface area contributed by atoms with E-state index in [0.29, 0.717) is 11.2 Å². The van der Waals surface area contributed by atoms with Crippen LogP contribution >= 0.6 is 0 Å². The first kappa shape index (κ1) is 11.7. The highest BCUT2D eigenvalue weighted by Gasteiger charge is 2.10. The molecule has 21 heavy (non-hydrogen) atoms. The molecule has 0 radical (unpaired) electrons. The molecule has 0 bridgehead atoms. The quantitative estimate of drug-likeness (QED) is 0.524. The minimum Gasteiger partial charge on any atom is -0.492 e. The number of aromatic nitrogens is 5. The van der Waals surface area contributed by atoms with E-state index >= 15 is 0 Å². The van der Waals surface area contributed by atoms with Crippen molar-refractivity contribution in [1.82, 2.24) is 25.0 Å². The monoisotopic (exact) mass is 280 g/mol. The molecule has 104 valence electrons. The lowest BCUT2D eigenvalue weighted by molar-refractivity contribution is 0.449. The number of aromatic hydroxyl groups is 1. The molecular weight excluding hydrogens is 268 g/mol. The Morgan fingerprint density at radius 3 is 3.10 bits per heavy atom. The summed E-state index contributed by atoms with van der Waals surface area (Å²) in [6, 6.07) is 9.37. The van der Waals surface area contributed by atoms with Crippen LogP contribution < -0.4 is 5.32 Å². The van der Waals surface area contributed by atoms with Gasteiger partial charge in [-0.2, -0.15) is 5.10 Å². The standard InChI is InChI=1S/C14H12N6O/c1-20-11-7-8(4-5-9(11)14(21)19-20)16-13-12-10(17-18-13)3-2-6-15-12/h2-7H,1H3,(H,19,21)(H2,16,17,18). The molecule has 0 spiro atoms. The average Bonchev–Trinajstić information content (AvgIpc) is 3.02. The van der Waals surface area contributed by atoms with Crippen LogP contribution in [-0.4, -0.2) is 30.1 Å². The van der Waals surface area contributed by atoms with Crippen molar-refractivity contribution < 1.29 is 5.11 Å². The Morgan fingerprint density at radius 2 is 2.19 bits per heavy atom. The number of anilines is 2. The first-order chi connectivity index (χ1) is 10.2. The zero-order chi connectivity index (χ0) is 14.4. The molecule has 4 rings (SSSR count). The predicted molar refractivity (Wildman–Crippen MR) is 79.6 cm³/mol. The van der Waals surface area contributed by atoms with Gasteiger partial charge in [-0.15, -0.1) is 5.10 Å². The van der Waals surface area contributed by atoms with E-state index in [9.17, 15) is 5.11 Å². The van der Waals surface area contributed by atoms with E-state index in [0.717, 1.165) is 22.2 Å². The van der Waals surface area contributed by atoms with Gasteiger partial charge in [0.2, 0.25) is 5.88 Å². The molecule has 0 fully saturated rings. The molecule has 4 aromatic rings. The van der Waals surface area contributed by atoms with Crippen molar-refractivity contribution in [2.75, 3.05) is 5.32 Å². The third-order valence-electron chi connectivity index (χ3n) is 3.41. The molecule has 7 heteroatoms. The summed E-state index contributed by atoms with van der Waals surface area (Å²) in [5, 5.41) is 24.8. The number of fused-ring (bicyclic) bond motifs is 2. The predicted octanol–water partition coefficient (Wildman–Crippen LogP) is 2.29. The molecule has 0 aliphatic rings. The van der Waals surface area contributed by atoms with E-state index in [1.165, 1.54) is 0 Å². The van der Waals surface area contributed by atoms with E-state index < -0.39 is 0 Å². The normalized spacial score (nSPS) is 11.3. The van der Waals surface area contributed by atoms with Crippen LogP contribution in [0.4, 0.5) is 11.5 Å². The fraction of sp³-hybridized carbons (Fsp3) is 0.0714. The summed E-state index contributed by atoms with van der Waals surface area (Å²) in [5.41, 5.74) is 3.35. The van der Waals surface area contributed by atoms with Crippen LogP contribution in [0.2, 0.25) is 0 Å². The lowest BCUT2D eigenvalue weighted by Gasteiger charge is -2.04. The summed E-state index contributed by atoms with van der Waals surface area (Å²) < 4.78 is 1.64. The molecule has 0 saturated carbocycles. The lowest BCUT2D eigenvalue weighted by Crippen LogP contribution is -1.93. The fourth-order valence-corrected chi connectivity index (χ4v) is 2.39. The first-order valence-corrected chi connectivity index (χ1v) is 6.44. The van der Waals surface area contributed by atoms with E-state index in [2.05, 4.69) is 25.6 Å². The Bertz CT molecular complexity index is 955. The third kappa shape index (κ3) is 1.78. The van der Waals surface area contributed by atoms with Gasteiger partial charge in [-0.3, -0.25) is 14.8 Å². The number of pyridine rings is 1. The smallest absolute Gasteiger partial charge is 0.238 e. The molecule has 0 atom stereocenters. The summed E-state index contributed by atoms with van der Waals surface area (Å²) >= 11 is 0. The van der Waals surface area contributed by atoms with Crippen molar-refractivity contribution in [2.24, 2.45) is 7.05 Å². The Labute approximate surface area is 119 Å². The third-order valence-corrected chi connectivity index (χ3v) is 3.41. The van der Waals surface area contributed by atoms with Crippen LogP contribution in [0.1, 0.15) is 0 Å². The number of hydrogen-bond acceptors (Lipinski definition) is 5. The van der Waals surface area contributed by atoms with Gasteiger partial charge in [0, 0.05) is 18.9 Å². The van der Waals surface area contributed by atoms with Crippen LogP contribution in [0.5, 0.6) is 5.88 Å². The summed E-state index contributed by atoms with van der Waals surface area (Å²) in [4.78, 5) is 4.31. The summed E-state index contributed by atoms with van der Waals surface area (Å²) in [7, 11) is 1.79. The Hall–Kier alpha value is -3.09. The van der Waals surface area contributed by atoms with Gasteiger partial charge in [0.15, 0.2) is 5.82 Å². The topological polar surface area (TPSA) is 91.6 Å². The van der Waals surface area contributed by atoms with Gasteiger partial charge in [0.05, 0.1) is 16.4 Å². The minimum absolute atomic E-state index is 0.0333. The molecule has 0 saturated heterocycles. The van der Waals surface area contributed by atoms with E-state index in [4.69, 9.17) is 0 Å². The second-order valence-electron chi connectivity index (χ2n) is 4.78. The second-order valence-corrected chi connectivity index (χ2v) is 4.78. The van der Waals surface area contributed by atoms with Crippen LogP contribution in [0.3, 0.4) is 0 Å².